The van der Waals surface area contributed by atoms with Crippen LogP contribution in [0.1, 0.15) is 12.8 Å². The Hall–Kier alpha value is 0.1000. The van der Waals surface area contributed by atoms with Crippen molar-refractivity contribution in [2.45, 2.75) is 24.9 Å². The number of nitrogens with zero attached hydrogens (tertiary/aromatic N) is 1. The summed E-state index contributed by atoms with van der Waals surface area (Å²) in [5, 5.41) is 2.94. The molecule has 2 fully saturated rings. The minimum atomic E-state index is -2.81. The molecule has 124 valence electrons. The van der Waals surface area contributed by atoms with Crippen LogP contribution in [0.25, 0.3) is 0 Å². The Morgan fingerprint density at radius 2 is 1.67 bits per heavy atom. The lowest BCUT2D eigenvalue weighted by Crippen LogP contribution is -2.34. The van der Waals surface area contributed by atoms with E-state index in [4.69, 9.17) is 12.2 Å². The third-order valence-corrected chi connectivity index (χ3v) is 7.82. The molecule has 2 heterocycles. The summed E-state index contributed by atoms with van der Waals surface area (Å²) in [5.41, 5.74) is 0. The molecule has 6 nitrogen and oxygen atoms in total. The Bertz CT molecular complexity index is 573. The Labute approximate surface area is 137 Å². The van der Waals surface area contributed by atoms with Crippen LogP contribution in [-0.4, -0.2) is 75.2 Å². The van der Waals surface area contributed by atoms with E-state index in [-0.39, 0.29) is 23.6 Å². The van der Waals surface area contributed by atoms with E-state index >= 15 is 0 Å². The molecule has 2 aliphatic heterocycles. The van der Waals surface area contributed by atoms with Crippen molar-refractivity contribution in [3.8, 4) is 0 Å². The van der Waals surface area contributed by atoms with Crippen LogP contribution < -0.4 is 5.32 Å². The van der Waals surface area contributed by atoms with Crippen molar-refractivity contribution < 1.29 is 16.8 Å². The van der Waals surface area contributed by atoms with E-state index in [1.165, 1.54) is 0 Å². The van der Waals surface area contributed by atoms with Crippen LogP contribution in [0.3, 0.4) is 0 Å². The smallest absolute Gasteiger partial charge is 0.152 e. The second kappa shape index (κ2) is 7.58. The highest BCUT2D eigenvalue weighted by Gasteiger charge is 2.30. The summed E-state index contributed by atoms with van der Waals surface area (Å²) < 4.78 is 44.1. The first-order chi connectivity index (χ1) is 9.56. The highest BCUT2D eigenvalue weighted by atomic mass is 32.2. The molecule has 10 heteroatoms. The topological polar surface area (TPSA) is 83.6 Å². The molecule has 2 aliphatic rings. The molecule has 0 radical (unpaired) electrons. The number of hydrogen-bond acceptors (Lipinski definition) is 6. The van der Waals surface area contributed by atoms with Crippen LogP contribution >= 0.6 is 24.8 Å². The van der Waals surface area contributed by atoms with E-state index in [9.17, 15) is 16.8 Å². The van der Waals surface area contributed by atoms with E-state index in [0.717, 1.165) is 6.42 Å². The molecule has 0 bridgehead atoms. The van der Waals surface area contributed by atoms with Gasteiger partial charge >= 0.3 is 0 Å². The summed E-state index contributed by atoms with van der Waals surface area (Å²) in [6, 6.07) is 0.231. The zero-order valence-electron chi connectivity index (χ0n) is 12.1. The van der Waals surface area contributed by atoms with E-state index in [2.05, 4.69) is 17.9 Å². The molecule has 2 atom stereocenters. The molecular formula is C11H22N2O4S4. The van der Waals surface area contributed by atoms with Crippen LogP contribution in [0.5, 0.6) is 0 Å². The van der Waals surface area contributed by atoms with E-state index in [0.29, 0.717) is 22.2 Å². The summed E-state index contributed by atoms with van der Waals surface area (Å²) >= 11 is 8.81. The highest BCUT2D eigenvalue weighted by Crippen LogP contribution is 2.17. The number of thiol groups is 1. The van der Waals surface area contributed by atoms with Crippen molar-refractivity contribution in [3.05, 3.63) is 0 Å². The van der Waals surface area contributed by atoms with Crippen LogP contribution in [0.4, 0.5) is 0 Å². The summed E-state index contributed by atoms with van der Waals surface area (Å²) in [5.74, 6) is 1.17. The molecular weight excluding hydrogens is 352 g/mol. The fourth-order valence-electron chi connectivity index (χ4n) is 2.26. The lowest BCUT2D eigenvalue weighted by atomic mass is 10.2. The largest absolute Gasteiger partial charge is 0.357 e. The SMILES string of the molecule is CN(C(=S)S)C1CCS(=O)(=O)C1.CNC1CCS(=O)(=O)C1. The van der Waals surface area contributed by atoms with Crippen LogP contribution in [0.2, 0.25) is 0 Å². The summed E-state index contributed by atoms with van der Waals surface area (Å²) in [4.78, 5) is 1.74. The Morgan fingerprint density at radius 3 is 1.95 bits per heavy atom. The molecule has 1 N–H and O–H groups in total. The maximum absolute atomic E-state index is 11.1. The van der Waals surface area contributed by atoms with Gasteiger partial charge in [0.2, 0.25) is 0 Å². The van der Waals surface area contributed by atoms with E-state index in [1.54, 1.807) is 19.0 Å². The zero-order chi connectivity index (χ0) is 16.3. The standard InChI is InChI=1S/C6H11NO2S3.C5H11NO2S/c1-7(6(10)11)5-2-3-12(8,9)4-5;1-6-5-2-3-9(7,8)4-5/h5H,2-4H2,1H3,(H,10,11);5-6H,2-4H2,1H3. The minimum Gasteiger partial charge on any atom is -0.357 e. The normalized spacial score (nSPS) is 29.5. The van der Waals surface area contributed by atoms with Crippen molar-refractivity contribution in [3.63, 3.8) is 0 Å². The summed E-state index contributed by atoms with van der Waals surface area (Å²) in [6.45, 7) is 0. The number of thiocarbonyl (C=S) groups is 1. The van der Waals surface area contributed by atoms with Crippen LogP contribution in [0, 0.1) is 0 Å². The lowest BCUT2D eigenvalue weighted by Gasteiger charge is -2.22. The van der Waals surface area contributed by atoms with Crippen molar-refractivity contribution in [1.29, 1.82) is 0 Å². The molecule has 0 amide bonds. The monoisotopic (exact) mass is 374 g/mol. The van der Waals surface area contributed by atoms with E-state index in [1.807, 2.05) is 0 Å². The van der Waals surface area contributed by atoms with Crippen LogP contribution in [0.15, 0.2) is 0 Å². The minimum absolute atomic E-state index is 0.0278. The van der Waals surface area contributed by atoms with Gasteiger partial charge in [-0.05, 0) is 19.9 Å². The summed E-state index contributed by atoms with van der Waals surface area (Å²) in [6.07, 6.45) is 1.44. The Morgan fingerprint density at radius 1 is 1.14 bits per heavy atom. The van der Waals surface area contributed by atoms with Gasteiger partial charge in [-0.25, -0.2) is 16.8 Å². The molecule has 0 aromatic rings. The second-order valence-corrected chi connectivity index (χ2v) is 10.9. The molecule has 0 aliphatic carbocycles. The molecule has 0 spiro atoms. The average Bonchev–Trinajstić information content (AvgIpc) is 2.91. The molecule has 2 saturated heterocycles. The molecule has 21 heavy (non-hydrogen) atoms. The first-order valence-electron chi connectivity index (χ1n) is 6.60. The molecule has 0 aromatic carbocycles. The number of sulfone groups is 2. The van der Waals surface area contributed by atoms with Crippen molar-refractivity contribution >= 4 is 48.8 Å². The van der Waals surface area contributed by atoms with Gasteiger partial charge in [-0.2, -0.15) is 0 Å². The van der Waals surface area contributed by atoms with E-state index < -0.39 is 19.7 Å². The van der Waals surface area contributed by atoms with Crippen molar-refractivity contribution in [2.24, 2.45) is 0 Å². The van der Waals surface area contributed by atoms with Crippen LogP contribution in [-0.2, 0) is 19.7 Å². The average molecular weight is 375 g/mol. The maximum Gasteiger partial charge on any atom is 0.152 e. The van der Waals surface area contributed by atoms with Gasteiger partial charge in [0.15, 0.2) is 19.7 Å². The van der Waals surface area contributed by atoms with Crippen molar-refractivity contribution in [1.82, 2.24) is 10.2 Å². The van der Waals surface area contributed by atoms with Gasteiger partial charge in [0.05, 0.1) is 23.0 Å². The quantitative estimate of drug-likeness (QED) is 0.508. The maximum atomic E-state index is 11.1. The predicted octanol–water partition coefficient (Wildman–Crippen LogP) is -0.287. The predicted molar refractivity (Wildman–Crippen MR) is 92.5 cm³/mol. The fraction of sp³-hybridized carbons (Fsp3) is 0.909. The van der Waals surface area contributed by atoms with Gasteiger partial charge < -0.3 is 10.2 Å². The fourth-order valence-corrected chi connectivity index (χ4v) is 6.10. The first kappa shape index (κ1) is 19.1. The molecule has 2 rings (SSSR count). The molecule has 0 saturated carbocycles. The molecule has 2 unspecified atom stereocenters. The van der Waals surface area contributed by atoms with Gasteiger partial charge in [0.1, 0.15) is 4.32 Å². The number of rotatable bonds is 2. The van der Waals surface area contributed by atoms with Gasteiger partial charge in [-0.1, -0.05) is 12.2 Å². The third kappa shape index (κ3) is 6.39. The highest BCUT2D eigenvalue weighted by molar-refractivity contribution is 8.10. The van der Waals surface area contributed by atoms with Gasteiger partial charge in [0, 0.05) is 19.1 Å². The Balaban J connectivity index is 0.000000219. The zero-order valence-corrected chi connectivity index (χ0v) is 15.5. The number of hydrogen-bond donors (Lipinski definition) is 2. The van der Waals surface area contributed by atoms with Gasteiger partial charge in [0.25, 0.3) is 0 Å². The lowest BCUT2D eigenvalue weighted by molar-refractivity contribution is 0.409. The summed E-state index contributed by atoms with van der Waals surface area (Å²) in [7, 11) is -1.90. The first-order valence-corrected chi connectivity index (χ1v) is 11.1. The Kier molecular flexibility index (Phi) is 6.91. The van der Waals surface area contributed by atoms with Gasteiger partial charge in [-0.3, -0.25) is 0 Å². The number of nitrogens with one attached hydrogen (secondary N) is 1. The second-order valence-electron chi connectivity index (χ2n) is 5.34. The van der Waals surface area contributed by atoms with Crippen molar-refractivity contribution in [2.75, 3.05) is 37.1 Å². The molecule has 0 aromatic heterocycles. The third-order valence-electron chi connectivity index (χ3n) is 3.70. The van der Waals surface area contributed by atoms with Gasteiger partial charge in [-0.15, -0.1) is 12.6 Å².